The first-order valence-electron chi connectivity index (χ1n) is 5.48. The Kier molecular flexibility index (Phi) is 6.52. The van der Waals surface area contributed by atoms with Gasteiger partial charge < -0.3 is 15.4 Å². The molecule has 90 valence electrons. The van der Waals surface area contributed by atoms with E-state index in [2.05, 4.69) is 13.8 Å². The summed E-state index contributed by atoms with van der Waals surface area (Å²) in [6, 6.07) is 0.133. The van der Waals surface area contributed by atoms with Crippen molar-refractivity contribution in [2.45, 2.75) is 26.8 Å². The van der Waals surface area contributed by atoms with Crippen molar-refractivity contribution in [2.75, 3.05) is 27.2 Å². The zero-order valence-electron chi connectivity index (χ0n) is 10.5. The van der Waals surface area contributed by atoms with Crippen LogP contribution in [0.25, 0.3) is 0 Å². The highest BCUT2D eigenvalue weighted by Gasteiger charge is 2.31. The molecule has 2 N–H and O–H groups in total. The monoisotopic (exact) mass is 216 g/mol. The number of ether oxygens (including phenoxy) is 1. The fraction of sp³-hybridized carbons (Fsp3) is 0.909. The van der Waals surface area contributed by atoms with Crippen LogP contribution in [-0.4, -0.2) is 44.2 Å². The van der Waals surface area contributed by atoms with Crippen LogP contribution in [0.2, 0.25) is 0 Å². The van der Waals surface area contributed by atoms with Gasteiger partial charge in [-0.05, 0) is 26.9 Å². The Labute approximate surface area is 92.8 Å². The van der Waals surface area contributed by atoms with Gasteiger partial charge in [-0.25, -0.2) is 0 Å². The van der Waals surface area contributed by atoms with Crippen molar-refractivity contribution >= 4 is 5.97 Å². The summed E-state index contributed by atoms with van der Waals surface area (Å²) in [6.45, 7) is 6.73. The van der Waals surface area contributed by atoms with Gasteiger partial charge in [0.15, 0.2) is 0 Å². The predicted octanol–water partition coefficient (Wildman–Crippen LogP) is 0.711. The van der Waals surface area contributed by atoms with Gasteiger partial charge in [-0.3, -0.25) is 4.79 Å². The van der Waals surface area contributed by atoms with E-state index in [4.69, 9.17) is 10.5 Å². The normalized spacial score (nSPS) is 15.5. The second-order valence-electron chi connectivity index (χ2n) is 4.29. The Morgan fingerprint density at radius 1 is 1.40 bits per heavy atom. The summed E-state index contributed by atoms with van der Waals surface area (Å²) in [5.74, 6) is -0.0506. The number of esters is 1. The van der Waals surface area contributed by atoms with Crippen LogP contribution in [0.5, 0.6) is 0 Å². The van der Waals surface area contributed by atoms with E-state index in [-0.39, 0.29) is 17.9 Å². The van der Waals surface area contributed by atoms with Crippen molar-refractivity contribution < 1.29 is 9.53 Å². The standard InChI is InChI=1S/C11H24N2O2/c1-6-15-11(14)9(7-12)10(8(2)3)13(4)5/h8-10H,6-7,12H2,1-5H3/t9-,10+/m0/s1. The minimum absolute atomic E-state index is 0.133. The molecule has 0 aliphatic carbocycles. The number of rotatable bonds is 6. The first-order valence-corrected chi connectivity index (χ1v) is 5.48. The summed E-state index contributed by atoms with van der Waals surface area (Å²) < 4.78 is 5.03. The van der Waals surface area contributed by atoms with Crippen LogP contribution in [0, 0.1) is 11.8 Å². The predicted molar refractivity (Wildman–Crippen MR) is 61.5 cm³/mol. The van der Waals surface area contributed by atoms with E-state index >= 15 is 0 Å². The van der Waals surface area contributed by atoms with Gasteiger partial charge in [-0.1, -0.05) is 13.8 Å². The smallest absolute Gasteiger partial charge is 0.311 e. The number of carbonyl (C=O) groups excluding carboxylic acids is 1. The van der Waals surface area contributed by atoms with Gasteiger partial charge in [0.05, 0.1) is 12.5 Å². The molecule has 0 aliphatic heterocycles. The highest BCUT2D eigenvalue weighted by molar-refractivity contribution is 5.73. The average Bonchev–Trinajstić information content (AvgIpc) is 2.12. The van der Waals surface area contributed by atoms with Crippen molar-refractivity contribution in [1.29, 1.82) is 0 Å². The van der Waals surface area contributed by atoms with Crippen molar-refractivity contribution in [3.05, 3.63) is 0 Å². The van der Waals surface area contributed by atoms with E-state index in [1.807, 2.05) is 25.9 Å². The molecule has 0 aromatic rings. The first kappa shape index (κ1) is 14.4. The van der Waals surface area contributed by atoms with Crippen LogP contribution in [0.1, 0.15) is 20.8 Å². The van der Waals surface area contributed by atoms with Crippen LogP contribution < -0.4 is 5.73 Å². The van der Waals surface area contributed by atoms with Crippen LogP contribution in [-0.2, 0) is 9.53 Å². The molecule has 0 fully saturated rings. The van der Waals surface area contributed by atoms with Gasteiger partial charge >= 0.3 is 5.97 Å². The summed E-state index contributed by atoms with van der Waals surface area (Å²) in [6.07, 6.45) is 0. The highest BCUT2D eigenvalue weighted by Crippen LogP contribution is 2.18. The summed E-state index contributed by atoms with van der Waals surface area (Å²) in [4.78, 5) is 13.7. The molecule has 0 aromatic carbocycles. The molecule has 0 saturated heterocycles. The molecule has 15 heavy (non-hydrogen) atoms. The van der Waals surface area contributed by atoms with Crippen molar-refractivity contribution in [3.63, 3.8) is 0 Å². The molecular weight excluding hydrogens is 192 g/mol. The summed E-state index contributed by atoms with van der Waals surface area (Å²) in [5.41, 5.74) is 5.65. The van der Waals surface area contributed by atoms with Crippen molar-refractivity contribution in [1.82, 2.24) is 4.90 Å². The Hall–Kier alpha value is -0.610. The van der Waals surface area contributed by atoms with Gasteiger partial charge in [0.2, 0.25) is 0 Å². The largest absolute Gasteiger partial charge is 0.466 e. The minimum Gasteiger partial charge on any atom is -0.466 e. The summed E-state index contributed by atoms with van der Waals surface area (Å²) in [5, 5.41) is 0. The maximum Gasteiger partial charge on any atom is 0.311 e. The third-order valence-electron chi connectivity index (χ3n) is 2.53. The zero-order chi connectivity index (χ0) is 12.0. The first-order chi connectivity index (χ1) is 6.95. The maximum atomic E-state index is 11.7. The molecule has 0 heterocycles. The van der Waals surface area contributed by atoms with Gasteiger partial charge in [-0.15, -0.1) is 0 Å². The lowest BCUT2D eigenvalue weighted by atomic mass is 9.89. The summed E-state index contributed by atoms with van der Waals surface area (Å²) >= 11 is 0. The van der Waals surface area contributed by atoms with E-state index < -0.39 is 0 Å². The molecule has 4 nitrogen and oxygen atoms in total. The molecule has 0 unspecified atom stereocenters. The van der Waals surface area contributed by atoms with E-state index in [0.717, 1.165) is 0 Å². The second kappa shape index (κ2) is 6.80. The van der Waals surface area contributed by atoms with Crippen molar-refractivity contribution in [2.24, 2.45) is 17.6 Å². The number of nitrogens with zero attached hydrogens (tertiary/aromatic N) is 1. The quantitative estimate of drug-likeness (QED) is 0.664. The second-order valence-corrected chi connectivity index (χ2v) is 4.29. The SMILES string of the molecule is CCOC(=O)[C@@H](CN)[C@@H](C(C)C)N(C)C. The molecule has 0 radical (unpaired) electrons. The molecule has 0 rings (SSSR count). The molecule has 4 heteroatoms. The molecule has 2 atom stereocenters. The van der Waals surface area contributed by atoms with E-state index in [1.165, 1.54) is 0 Å². The van der Waals surface area contributed by atoms with Gasteiger partial charge in [0.25, 0.3) is 0 Å². The van der Waals surface area contributed by atoms with Gasteiger partial charge in [0, 0.05) is 12.6 Å². The number of hydrogen-bond donors (Lipinski definition) is 1. The Morgan fingerprint density at radius 3 is 2.20 bits per heavy atom. The lowest BCUT2D eigenvalue weighted by Crippen LogP contribution is -2.47. The molecule has 0 spiro atoms. The Balaban J connectivity index is 4.66. The lowest BCUT2D eigenvalue weighted by Gasteiger charge is -2.33. The highest BCUT2D eigenvalue weighted by atomic mass is 16.5. The average molecular weight is 216 g/mol. The number of nitrogens with two attached hydrogens (primary N) is 1. The van der Waals surface area contributed by atoms with Gasteiger partial charge in [0.1, 0.15) is 0 Å². The van der Waals surface area contributed by atoms with Crippen LogP contribution in [0.4, 0.5) is 0 Å². The van der Waals surface area contributed by atoms with Gasteiger partial charge in [-0.2, -0.15) is 0 Å². The van der Waals surface area contributed by atoms with Crippen LogP contribution in [0.15, 0.2) is 0 Å². The van der Waals surface area contributed by atoms with E-state index in [9.17, 15) is 4.79 Å². The molecule has 0 saturated carbocycles. The van der Waals surface area contributed by atoms with Crippen molar-refractivity contribution in [3.8, 4) is 0 Å². The molecule has 0 aromatic heterocycles. The maximum absolute atomic E-state index is 11.7. The fourth-order valence-electron chi connectivity index (χ4n) is 2.05. The third kappa shape index (κ3) is 4.18. The third-order valence-corrected chi connectivity index (χ3v) is 2.53. The molecular formula is C11H24N2O2. The van der Waals surface area contributed by atoms with Crippen LogP contribution in [0.3, 0.4) is 0 Å². The molecule has 0 amide bonds. The Morgan fingerprint density at radius 2 is 1.93 bits per heavy atom. The zero-order valence-corrected chi connectivity index (χ0v) is 10.5. The Bertz CT molecular complexity index is 185. The number of carbonyl (C=O) groups is 1. The summed E-state index contributed by atoms with van der Waals surface area (Å²) in [7, 11) is 3.93. The molecule has 0 aliphatic rings. The van der Waals surface area contributed by atoms with E-state index in [1.54, 1.807) is 0 Å². The topological polar surface area (TPSA) is 55.6 Å². The van der Waals surface area contributed by atoms with E-state index in [0.29, 0.717) is 19.1 Å². The number of hydrogen-bond acceptors (Lipinski definition) is 4. The minimum atomic E-state index is -0.236. The van der Waals surface area contributed by atoms with Crippen LogP contribution >= 0.6 is 0 Å². The fourth-order valence-corrected chi connectivity index (χ4v) is 2.05. The molecule has 0 bridgehead atoms. The lowest BCUT2D eigenvalue weighted by molar-refractivity contribution is -0.150.